The molecule has 1 N–H and O–H groups in total. The predicted molar refractivity (Wildman–Crippen MR) is 97.1 cm³/mol. The van der Waals surface area contributed by atoms with Gasteiger partial charge in [-0.3, -0.25) is 10.2 Å². The zero-order chi connectivity index (χ0) is 18.7. The van der Waals surface area contributed by atoms with E-state index in [1.54, 1.807) is 19.1 Å². The Kier molecular flexibility index (Phi) is 5.13. The van der Waals surface area contributed by atoms with Crippen molar-refractivity contribution in [1.29, 1.82) is 0 Å². The summed E-state index contributed by atoms with van der Waals surface area (Å²) in [5.74, 6) is -0.464. The van der Waals surface area contributed by atoms with Crippen molar-refractivity contribution in [3.63, 3.8) is 0 Å². The highest BCUT2D eigenvalue weighted by Gasteiger charge is 2.16. The molecule has 0 aliphatic rings. The Labute approximate surface area is 152 Å². The molecule has 134 valence electrons. The highest BCUT2D eigenvalue weighted by molar-refractivity contribution is 7.17. The minimum atomic E-state index is -0.467. The Hall–Kier alpha value is -3.00. The fraction of sp³-hybridized carbons (Fsp3) is 0.111. The molecule has 3 rings (SSSR count). The second-order valence-corrected chi connectivity index (χ2v) is 6.41. The van der Waals surface area contributed by atoms with Crippen molar-refractivity contribution >= 4 is 28.2 Å². The van der Waals surface area contributed by atoms with E-state index in [1.165, 1.54) is 48.5 Å². The van der Waals surface area contributed by atoms with Crippen molar-refractivity contribution in [2.24, 2.45) is 0 Å². The van der Waals surface area contributed by atoms with Gasteiger partial charge >= 0.3 is 6.03 Å². The van der Waals surface area contributed by atoms with Crippen LogP contribution in [-0.2, 0) is 0 Å². The average Bonchev–Trinajstić information content (AvgIpc) is 3.03. The molecule has 5 nitrogen and oxygen atoms in total. The first-order valence-corrected chi connectivity index (χ1v) is 8.45. The molecule has 3 aromatic rings. The molecule has 2 aromatic carbocycles. The van der Waals surface area contributed by atoms with Crippen LogP contribution in [0.5, 0.6) is 10.8 Å². The van der Waals surface area contributed by atoms with Crippen LogP contribution in [0.2, 0.25) is 0 Å². The second kappa shape index (κ2) is 7.49. The van der Waals surface area contributed by atoms with Gasteiger partial charge in [-0.15, -0.1) is 0 Å². The molecular weight excluding hydrogens is 360 g/mol. The van der Waals surface area contributed by atoms with Crippen LogP contribution in [0.25, 0.3) is 0 Å². The third kappa shape index (κ3) is 3.97. The molecule has 8 heteroatoms. The molecule has 0 fully saturated rings. The van der Waals surface area contributed by atoms with Crippen LogP contribution in [-0.4, -0.2) is 18.1 Å². The van der Waals surface area contributed by atoms with Gasteiger partial charge in [0.1, 0.15) is 17.4 Å². The van der Waals surface area contributed by atoms with Gasteiger partial charge in [0.05, 0.1) is 11.9 Å². The molecule has 0 unspecified atom stereocenters. The van der Waals surface area contributed by atoms with E-state index in [1.807, 2.05) is 0 Å². The topological polar surface area (TPSA) is 54.5 Å². The molecule has 0 spiro atoms. The van der Waals surface area contributed by atoms with E-state index in [-0.39, 0.29) is 5.82 Å². The molecule has 0 aliphatic carbocycles. The summed E-state index contributed by atoms with van der Waals surface area (Å²) in [5, 5.41) is 3.33. The second-order valence-electron chi connectivity index (χ2n) is 5.42. The number of carbonyl (C=O) groups is 1. The molecule has 0 radical (unpaired) electrons. The minimum Gasteiger partial charge on any atom is -0.445 e. The van der Waals surface area contributed by atoms with Crippen molar-refractivity contribution in [2.75, 3.05) is 17.3 Å². The number of rotatable bonds is 4. The number of aromatic nitrogens is 1. The van der Waals surface area contributed by atoms with E-state index in [0.29, 0.717) is 27.2 Å². The van der Waals surface area contributed by atoms with Crippen molar-refractivity contribution in [3.05, 3.63) is 65.9 Å². The number of halogens is 2. The lowest BCUT2D eigenvalue weighted by molar-refractivity contribution is 0.258. The lowest BCUT2D eigenvalue weighted by atomic mass is 10.2. The van der Waals surface area contributed by atoms with Gasteiger partial charge in [-0.2, -0.15) is 0 Å². The Morgan fingerprint density at radius 2 is 2.00 bits per heavy atom. The van der Waals surface area contributed by atoms with E-state index < -0.39 is 11.8 Å². The number of urea groups is 1. The highest BCUT2D eigenvalue weighted by Crippen LogP contribution is 2.31. The average molecular weight is 375 g/mol. The van der Waals surface area contributed by atoms with E-state index in [9.17, 15) is 13.6 Å². The zero-order valence-corrected chi connectivity index (χ0v) is 14.8. The van der Waals surface area contributed by atoms with Crippen molar-refractivity contribution in [1.82, 2.24) is 4.98 Å². The first-order chi connectivity index (χ1) is 12.4. The van der Waals surface area contributed by atoms with Crippen LogP contribution in [0.15, 0.2) is 48.7 Å². The van der Waals surface area contributed by atoms with Gasteiger partial charge in [0.2, 0.25) is 5.06 Å². The first kappa shape index (κ1) is 17.8. The first-order valence-electron chi connectivity index (χ1n) is 7.63. The fourth-order valence-corrected chi connectivity index (χ4v) is 2.93. The van der Waals surface area contributed by atoms with Gasteiger partial charge in [0.15, 0.2) is 5.13 Å². The number of nitrogens with one attached hydrogen (secondary N) is 1. The quantitative estimate of drug-likeness (QED) is 0.683. The molecule has 26 heavy (non-hydrogen) atoms. The van der Waals surface area contributed by atoms with Crippen LogP contribution >= 0.6 is 11.3 Å². The Morgan fingerprint density at radius 3 is 2.77 bits per heavy atom. The minimum absolute atomic E-state index is 0.308. The Morgan fingerprint density at radius 1 is 1.23 bits per heavy atom. The van der Waals surface area contributed by atoms with E-state index >= 15 is 0 Å². The lowest BCUT2D eigenvalue weighted by Crippen LogP contribution is -2.31. The maximum atomic E-state index is 13.7. The zero-order valence-electron chi connectivity index (χ0n) is 14.0. The number of nitrogens with zero attached hydrogens (tertiary/aromatic N) is 2. The summed E-state index contributed by atoms with van der Waals surface area (Å²) in [6, 6.07) is 9.76. The monoisotopic (exact) mass is 375 g/mol. The number of carbonyl (C=O) groups excluding carboxylic acids is 1. The number of amides is 2. The van der Waals surface area contributed by atoms with Crippen LogP contribution < -0.4 is 15.0 Å². The van der Waals surface area contributed by atoms with E-state index in [4.69, 9.17) is 4.74 Å². The smallest absolute Gasteiger partial charge is 0.327 e. The van der Waals surface area contributed by atoms with Gasteiger partial charge < -0.3 is 4.74 Å². The maximum Gasteiger partial charge on any atom is 0.327 e. The fourth-order valence-electron chi connectivity index (χ4n) is 2.26. The summed E-state index contributed by atoms with van der Waals surface area (Å²) in [7, 11) is 1.54. The SMILES string of the molecule is Cc1c(F)cccc1N(C)C(=O)Nc1ncc(Oc2cccc(F)c2)s1. The van der Waals surface area contributed by atoms with Crippen LogP contribution in [0, 0.1) is 18.6 Å². The standard InChI is InChI=1S/C18H15F2N3O2S/c1-11-14(20)7-4-8-15(11)23(2)18(24)22-17-21-10-16(26-17)25-13-6-3-5-12(19)9-13/h3-10H,1-2H3,(H,21,22,24). The predicted octanol–water partition coefficient (Wildman–Crippen LogP) is 5.19. The van der Waals surface area contributed by atoms with Gasteiger partial charge in [0, 0.05) is 18.7 Å². The summed E-state index contributed by atoms with van der Waals surface area (Å²) < 4.78 is 32.3. The van der Waals surface area contributed by atoms with E-state index in [2.05, 4.69) is 10.3 Å². The molecule has 2 amide bonds. The molecule has 0 atom stereocenters. The van der Waals surface area contributed by atoms with Crippen molar-refractivity contribution in [2.45, 2.75) is 6.92 Å². The van der Waals surface area contributed by atoms with Gasteiger partial charge in [-0.1, -0.05) is 23.5 Å². The third-order valence-corrected chi connectivity index (χ3v) is 4.41. The van der Waals surface area contributed by atoms with Gasteiger partial charge in [-0.05, 0) is 31.2 Å². The lowest BCUT2D eigenvalue weighted by Gasteiger charge is -2.19. The molecule has 0 saturated carbocycles. The molecule has 0 saturated heterocycles. The number of anilines is 2. The number of benzene rings is 2. The third-order valence-electron chi connectivity index (χ3n) is 3.62. The van der Waals surface area contributed by atoms with Crippen LogP contribution in [0.4, 0.5) is 24.4 Å². The molecule has 1 aromatic heterocycles. The molecule has 1 heterocycles. The molecule has 0 aliphatic heterocycles. The summed E-state index contributed by atoms with van der Waals surface area (Å²) in [4.78, 5) is 17.7. The summed E-state index contributed by atoms with van der Waals surface area (Å²) in [6.45, 7) is 1.60. The van der Waals surface area contributed by atoms with E-state index in [0.717, 1.165) is 11.3 Å². The number of hydrogen-bond donors (Lipinski definition) is 1. The largest absolute Gasteiger partial charge is 0.445 e. The summed E-state index contributed by atoms with van der Waals surface area (Å²) >= 11 is 1.09. The Bertz CT molecular complexity index is 946. The van der Waals surface area contributed by atoms with Gasteiger partial charge in [0.25, 0.3) is 0 Å². The highest BCUT2D eigenvalue weighted by atomic mass is 32.1. The number of ether oxygens (including phenoxy) is 1. The van der Waals surface area contributed by atoms with Crippen LogP contribution in [0.1, 0.15) is 5.56 Å². The maximum absolute atomic E-state index is 13.7. The number of hydrogen-bond acceptors (Lipinski definition) is 4. The summed E-state index contributed by atoms with van der Waals surface area (Å²) in [5.41, 5.74) is 0.828. The summed E-state index contributed by atoms with van der Waals surface area (Å²) in [6.07, 6.45) is 1.43. The number of thiazole rings is 1. The normalized spacial score (nSPS) is 10.5. The van der Waals surface area contributed by atoms with Crippen LogP contribution in [0.3, 0.4) is 0 Å². The molecule has 0 bridgehead atoms. The Balaban J connectivity index is 1.68. The molecular formula is C18H15F2N3O2S. The van der Waals surface area contributed by atoms with Gasteiger partial charge in [-0.25, -0.2) is 18.6 Å². The van der Waals surface area contributed by atoms with Crippen molar-refractivity contribution in [3.8, 4) is 10.8 Å². The van der Waals surface area contributed by atoms with Crippen molar-refractivity contribution < 1.29 is 18.3 Å².